The van der Waals surface area contributed by atoms with Gasteiger partial charge in [-0.2, -0.15) is 0 Å². The fourth-order valence-electron chi connectivity index (χ4n) is 2.34. The van der Waals surface area contributed by atoms with Crippen molar-refractivity contribution < 1.29 is 4.79 Å². The Bertz CT molecular complexity index is 366. The summed E-state index contributed by atoms with van der Waals surface area (Å²) in [7, 11) is 1.87. The van der Waals surface area contributed by atoms with Gasteiger partial charge in [-0.15, -0.1) is 0 Å². The van der Waals surface area contributed by atoms with E-state index in [1.54, 1.807) is 0 Å². The van der Waals surface area contributed by atoms with Crippen molar-refractivity contribution in [3.63, 3.8) is 0 Å². The lowest BCUT2D eigenvalue weighted by Crippen LogP contribution is -2.28. The fraction of sp³-hybridized carbons (Fsp3) is 0.500. The zero-order chi connectivity index (χ0) is 12.1. The maximum absolute atomic E-state index is 11.9. The van der Waals surface area contributed by atoms with Gasteiger partial charge in [0.2, 0.25) is 0 Å². The molecule has 0 atom stereocenters. The molecule has 1 amide bonds. The summed E-state index contributed by atoms with van der Waals surface area (Å²) in [4.78, 5) is 11.9. The van der Waals surface area contributed by atoms with Crippen LogP contribution in [0.1, 0.15) is 36.0 Å². The van der Waals surface area contributed by atoms with E-state index < -0.39 is 0 Å². The predicted molar refractivity (Wildman–Crippen MR) is 70.3 cm³/mol. The first kappa shape index (κ1) is 12.0. The van der Waals surface area contributed by atoms with Crippen molar-refractivity contribution in [3.05, 3.63) is 29.8 Å². The molecule has 2 N–H and O–H groups in total. The Morgan fingerprint density at radius 3 is 2.47 bits per heavy atom. The minimum atomic E-state index is 0.0413. The van der Waals surface area contributed by atoms with Gasteiger partial charge in [0.05, 0.1) is 0 Å². The fourth-order valence-corrected chi connectivity index (χ4v) is 2.34. The third-order valence-corrected chi connectivity index (χ3v) is 3.46. The van der Waals surface area contributed by atoms with E-state index in [0.717, 1.165) is 17.8 Å². The van der Waals surface area contributed by atoms with Crippen LogP contribution in [-0.2, 0) is 0 Å². The summed E-state index contributed by atoms with van der Waals surface area (Å²) < 4.78 is 0. The highest BCUT2D eigenvalue weighted by molar-refractivity contribution is 5.94. The standard InChI is InChI=1S/C14H20N2O/c1-15-13-8-6-12(7-9-13)14(17)16-10-11-4-2-3-5-11/h6-9,11,15H,2-5,10H2,1H3,(H,16,17). The molecule has 0 aliphatic heterocycles. The van der Waals surface area contributed by atoms with Crippen LogP contribution in [0, 0.1) is 5.92 Å². The molecule has 3 nitrogen and oxygen atoms in total. The summed E-state index contributed by atoms with van der Waals surface area (Å²) in [5, 5.41) is 6.06. The summed E-state index contributed by atoms with van der Waals surface area (Å²) in [5.74, 6) is 0.732. The molecule has 3 heteroatoms. The lowest BCUT2D eigenvalue weighted by atomic mass is 10.1. The van der Waals surface area contributed by atoms with E-state index in [9.17, 15) is 4.79 Å². The average molecular weight is 232 g/mol. The molecule has 2 rings (SSSR count). The van der Waals surface area contributed by atoms with E-state index in [2.05, 4.69) is 10.6 Å². The van der Waals surface area contributed by atoms with Crippen LogP contribution in [0.2, 0.25) is 0 Å². The number of rotatable bonds is 4. The molecule has 1 saturated carbocycles. The molecule has 92 valence electrons. The second kappa shape index (κ2) is 5.71. The summed E-state index contributed by atoms with van der Waals surface area (Å²) in [6, 6.07) is 7.56. The van der Waals surface area contributed by atoms with Crippen molar-refractivity contribution >= 4 is 11.6 Å². The molecule has 1 aromatic rings. The Morgan fingerprint density at radius 2 is 1.88 bits per heavy atom. The molecule has 0 heterocycles. The SMILES string of the molecule is CNc1ccc(C(=O)NCC2CCCC2)cc1. The van der Waals surface area contributed by atoms with Crippen LogP contribution in [0.3, 0.4) is 0 Å². The highest BCUT2D eigenvalue weighted by Gasteiger charge is 2.15. The monoisotopic (exact) mass is 232 g/mol. The third-order valence-electron chi connectivity index (χ3n) is 3.46. The zero-order valence-corrected chi connectivity index (χ0v) is 10.3. The van der Waals surface area contributed by atoms with Gasteiger partial charge in [-0.05, 0) is 43.0 Å². The van der Waals surface area contributed by atoms with Crippen LogP contribution in [-0.4, -0.2) is 19.5 Å². The largest absolute Gasteiger partial charge is 0.388 e. The number of amides is 1. The van der Waals surface area contributed by atoms with Crippen molar-refractivity contribution in [1.82, 2.24) is 5.32 Å². The van der Waals surface area contributed by atoms with Crippen LogP contribution in [0.5, 0.6) is 0 Å². The van der Waals surface area contributed by atoms with Gasteiger partial charge in [-0.25, -0.2) is 0 Å². The number of nitrogens with one attached hydrogen (secondary N) is 2. The smallest absolute Gasteiger partial charge is 0.251 e. The maximum Gasteiger partial charge on any atom is 0.251 e. The molecule has 0 spiro atoms. The van der Waals surface area contributed by atoms with Crippen LogP contribution in [0.25, 0.3) is 0 Å². The predicted octanol–water partition coefficient (Wildman–Crippen LogP) is 2.65. The lowest BCUT2D eigenvalue weighted by molar-refractivity contribution is 0.0947. The molecular weight excluding hydrogens is 212 g/mol. The Balaban J connectivity index is 1.85. The third kappa shape index (κ3) is 3.22. The maximum atomic E-state index is 11.9. The minimum absolute atomic E-state index is 0.0413. The first-order chi connectivity index (χ1) is 8.29. The molecule has 0 aromatic heterocycles. The number of benzene rings is 1. The summed E-state index contributed by atoms with van der Waals surface area (Å²) in [6.45, 7) is 0.826. The highest BCUT2D eigenvalue weighted by Crippen LogP contribution is 2.23. The molecule has 1 aliphatic carbocycles. The summed E-state index contributed by atoms with van der Waals surface area (Å²) in [6.07, 6.45) is 5.16. The van der Waals surface area contributed by atoms with Crippen molar-refractivity contribution in [2.75, 3.05) is 18.9 Å². The quantitative estimate of drug-likeness (QED) is 0.838. The normalized spacial score (nSPS) is 15.8. The second-order valence-electron chi connectivity index (χ2n) is 4.69. The zero-order valence-electron chi connectivity index (χ0n) is 10.3. The van der Waals surface area contributed by atoms with Gasteiger partial charge in [0.1, 0.15) is 0 Å². The van der Waals surface area contributed by atoms with E-state index in [0.29, 0.717) is 5.92 Å². The number of carbonyl (C=O) groups is 1. The number of anilines is 1. The van der Waals surface area contributed by atoms with Gasteiger partial charge < -0.3 is 10.6 Å². The Labute approximate surface area is 103 Å². The van der Waals surface area contributed by atoms with Gasteiger partial charge in [0, 0.05) is 24.8 Å². The van der Waals surface area contributed by atoms with Crippen molar-refractivity contribution in [1.29, 1.82) is 0 Å². The Morgan fingerprint density at radius 1 is 1.24 bits per heavy atom. The molecular formula is C14H20N2O. The molecule has 17 heavy (non-hydrogen) atoms. The van der Waals surface area contributed by atoms with E-state index >= 15 is 0 Å². The Kier molecular flexibility index (Phi) is 4.02. The van der Waals surface area contributed by atoms with Gasteiger partial charge in [0.25, 0.3) is 5.91 Å². The second-order valence-corrected chi connectivity index (χ2v) is 4.69. The molecule has 0 saturated heterocycles. The molecule has 0 bridgehead atoms. The van der Waals surface area contributed by atoms with Gasteiger partial charge >= 0.3 is 0 Å². The summed E-state index contributed by atoms with van der Waals surface area (Å²) in [5.41, 5.74) is 1.76. The van der Waals surface area contributed by atoms with E-state index in [4.69, 9.17) is 0 Å². The van der Waals surface area contributed by atoms with Crippen LogP contribution >= 0.6 is 0 Å². The average Bonchev–Trinajstić information content (AvgIpc) is 2.89. The minimum Gasteiger partial charge on any atom is -0.388 e. The first-order valence-corrected chi connectivity index (χ1v) is 6.35. The van der Waals surface area contributed by atoms with Gasteiger partial charge in [-0.1, -0.05) is 12.8 Å². The van der Waals surface area contributed by atoms with Gasteiger partial charge in [-0.3, -0.25) is 4.79 Å². The van der Waals surface area contributed by atoms with Gasteiger partial charge in [0.15, 0.2) is 0 Å². The number of carbonyl (C=O) groups excluding carboxylic acids is 1. The van der Waals surface area contributed by atoms with Crippen molar-refractivity contribution in [2.24, 2.45) is 5.92 Å². The molecule has 1 aliphatic rings. The van der Waals surface area contributed by atoms with Crippen LogP contribution in [0.15, 0.2) is 24.3 Å². The molecule has 1 aromatic carbocycles. The van der Waals surface area contributed by atoms with Crippen LogP contribution < -0.4 is 10.6 Å². The summed E-state index contributed by atoms with van der Waals surface area (Å²) >= 11 is 0. The van der Waals surface area contributed by atoms with Crippen molar-refractivity contribution in [2.45, 2.75) is 25.7 Å². The van der Waals surface area contributed by atoms with Crippen LogP contribution in [0.4, 0.5) is 5.69 Å². The lowest BCUT2D eigenvalue weighted by Gasteiger charge is -2.10. The van der Waals surface area contributed by atoms with E-state index in [-0.39, 0.29) is 5.91 Å². The number of hydrogen-bond acceptors (Lipinski definition) is 2. The van der Waals surface area contributed by atoms with Crippen molar-refractivity contribution in [3.8, 4) is 0 Å². The molecule has 1 fully saturated rings. The Hall–Kier alpha value is -1.51. The van der Waals surface area contributed by atoms with E-state index in [1.807, 2.05) is 31.3 Å². The molecule has 0 radical (unpaired) electrons. The van der Waals surface area contributed by atoms with E-state index in [1.165, 1.54) is 25.7 Å². The topological polar surface area (TPSA) is 41.1 Å². The number of hydrogen-bond donors (Lipinski definition) is 2. The molecule has 0 unspecified atom stereocenters. The highest BCUT2D eigenvalue weighted by atomic mass is 16.1. The first-order valence-electron chi connectivity index (χ1n) is 6.35.